The number of hydrogen-bond acceptors (Lipinski definition) is 4. The third-order valence-corrected chi connectivity index (χ3v) is 6.61. The third kappa shape index (κ3) is 6.48. The van der Waals surface area contributed by atoms with E-state index < -0.39 is 0 Å². The smallest absolute Gasteiger partial charge is 0.314 e. The van der Waals surface area contributed by atoms with Gasteiger partial charge in [-0.25, -0.2) is 0 Å². The van der Waals surface area contributed by atoms with Crippen molar-refractivity contribution in [2.45, 2.75) is 90.0 Å². The Bertz CT molecular complexity index is 705. The lowest BCUT2D eigenvalue weighted by atomic mass is 9.88. The minimum absolute atomic E-state index is 0.0109. The fourth-order valence-electron chi connectivity index (χ4n) is 4.66. The number of benzene rings is 1. The maximum Gasteiger partial charge on any atom is 0.314 e. The van der Waals surface area contributed by atoms with Crippen molar-refractivity contribution in [1.29, 1.82) is 0 Å². The minimum Gasteiger partial charge on any atom is -0.493 e. The first kappa shape index (κ1) is 22.6. The fraction of sp³-hybridized carbons (Fsp3) is 0.680. The molecule has 30 heavy (non-hydrogen) atoms. The van der Waals surface area contributed by atoms with E-state index >= 15 is 0 Å². The number of carbonyl (C=O) groups is 2. The lowest BCUT2D eigenvalue weighted by Gasteiger charge is -2.23. The maximum atomic E-state index is 12.5. The van der Waals surface area contributed by atoms with Crippen LogP contribution in [0.5, 0.6) is 11.5 Å². The summed E-state index contributed by atoms with van der Waals surface area (Å²) < 4.78 is 11.1. The summed E-state index contributed by atoms with van der Waals surface area (Å²) in [6.45, 7) is 2.07. The van der Waals surface area contributed by atoms with E-state index in [2.05, 4.69) is 12.2 Å². The van der Waals surface area contributed by atoms with Gasteiger partial charge in [0.1, 0.15) is 0 Å². The van der Waals surface area contributed by atoms with Crippen LogP contribution in [0.4, 0.5) is 0 Å². The molecule has 0 bridgehead atoms. The molecule has 5 heteroatoms. The predicted octanol–water partition coefficient (Wildman–Crippen LogP) is 5.20. The Morgan fingerprint density at radius 1 is 0.967 bits per heavy atom. The molecule has 0 radical (unpaired) electrons. The molecule has 1 N–H and O–H groups in total. The van der Waals surface area contributed by atoms with Crippen molar-refractivity contribution in [2.24, 2.45) is 11.8 Å². The Balaban J connectivity index is 1.50. The SMILES string of the molecule is COc1cc(CCC(C)NC(=O)C2CCCCC2)ccc1OC(=O)C1CCCCC1. The Morgan fingerprint density at radius 2 is 1.60 bits per heavy atom. The average Bonchev–Trinajstić information content (AvgIpc) is 2.79. The van der Waals surface area contributed by atoms with Crippen LogP contribution in [0.25, 0.3) is 0 Å². The molecule has 1 unspecified atom stereocenters. The van der Waals surface area contributed by atoms with Crippen LogP contribution in [0.1, 0.15) is 83.1 Å². The van der Waals surface area contributed by atoms with Crippen LogP contribution in [-0.4, -0.2) is 25.0 Å². The Hall–Kier alpha value is -2.04. The Labute approximate surface area is 180 Å². The molecule has 0 heterocycles. The monoisotopic (exact) mass is 415 g/mol. The summed E-state index contributed by atoms with van der Waals surface area (Å²) in [6, 6.07) is 5.90. The molecule has 1 atom stereocenters. The van der Waals surface area contributed by atoms with Crippen LogP contribution in [0.15, 0.2) is 18.2 Å². The van der Waals surface area contributed by atoms with Crippen LogP contribution in [0.3, 0.4) is 0 Å². The van der Waals surface area contributed by atoms with E-state index in [0.29, 0.717) is 11.5 Å². The maximum absolute atomic E-state index is 12.5. The van der Waals surface area contributed by atoms with E-state index in [1.54, 1.807) is 7.11 Å². The molecule has 5 nitrogen and oxygen atoms in total. The van der Waals surface area contributed by atoms with Gasteiger partial charge in [-0.2, -0.15) is 0 Å². The zero-order valence-corrected chi connectivity index (χ0v) is 18.6. The van der Waals surface area contributed by atoms with Crippen molar-refractivity contribution < 1.29 is 19.1 Å². The normalized spacial score (nSPS) is 19.1. The second-order valence-corrected chi connectivity index (χ2v) is 9.02. The van der Waals surface area contributed by atoms with E-state index in [-0.39, 0.29) is 29.8 Å². The number of esters is 1. The summed E-state index contributed by atoms with van der Waals surface area (Å²) >= 11 is 0. The van der Waals surface area contributed by atoms with Gasteiger partial charge < -0.3 is 14.8 Å². The molecule has 2 aliphatic rings. The van der Waals surface area contributed by atoms with E-state index in [0.717, 1.165) is 56.9 Å². The van der Waals surface area contributed by atoms with Gasteiger partial charge in [-0.3, -0.25) is 9.59 Å². The van der Waals surface area contributed by atoms with Gasteiger partial charge >= 0.3 is 5.97 Å². The number of aryl methyl sites for hydroxylation is 1. The predicted molar refractivity (Wildman–Crippen MR) is 118 cm³/mol. The average molecular weight is 416 g/mol. The Kier molecular flexibility index (Phi) is 8.59. The van der Waals surface area contributed by atoms with Crippen molar-refractivity contribution in [3.63, 3.8) is 0 Å². The van der Waals surface area contributed by atoms with Gasteiger partial charge in [0, 0.05) is 12.0 Å². The van der Waals surface area contributed by atoms with Crippen LogP contribution in [0, 0.1) is 11.8 Å². The van der Waals surface area contributed by atoms with Gasteiger partial charge in [0.15, 0.2) is 11.5 Å². The van der Waals surface area contributed by atoms with Gasteiger partial charge in [-0.1, -0.05) is 44.6 Å². The summed E-state index contributed by atoms with van der Waals surface area (Å²) in [7, 11) is 1.60. The standard InChI is InChI=1S/C25H37NO4/c1-18(26-24(27)20-9-5-3-6-10-20)13-14-19-15-16-22(23(17-19)29-2)30-25(28)21-11-7-4-8-12-21/h15-18,20-21H,3-14H2,1-2H3,(H,26,27). The molecule has 1 aromatic carbocycles. The molecule has 2 fully saturated rings. The molecule has 2 saturated carbocycles. The van der Waals surface area contributed by atoms with E-state index in [4.69, 9.17) is 9.47 Å². The van der Waals surface area contributed by atoms with Crippen molar-refractivity contribution >= 4 is 11.9 Å². The highest BCUT2D eigenvalue weighted by molar-refractivity contribution is 5.79. The molecule has 0 aliphatic heterocycles. The molecule has 2 aliphatic carbocycles. The van der Waals surface area contributed by atoms with Crippen molar-refractivity contribution in [3.05, 3.63) is 23.8 Å². The summed E-state index contributed by atoms with van der Waals surface area (Å²) in [5, 5.41) is 3.18. The molecule has 0 saturated heterocycles. The van der Waals surface area contributed by atoms with Crippen LogP contribution >= 0.6 is 0 Å². The Morgan fingerprint density at radius 3 is 2.23 bits per heavy atom. The van der Waals surface area contributed by atoms with Gasteiger partial charge in [0.2, 0.25) is 5.91 Å². The number of methoxy groups -OCH3 is 1. The zero-order valence-electron chi connectivity index (χ0n) is 18.6. The van der Waals surface area contributed by atoms with Crippen molar-refractivity contribution in [3.8, 4) is 11.5 Å². The van der Waals surface area contributed by atoms with Gasteiger partial charge in [-0.15, -0.1) is 0 Å². The van der Waals surface area contributed by atoms with Crippen molar-refractivity contribution in [1.82, 2.24) is 5.32 Å². The van der Waals surface area contributed by atoms with Crippen LogP contribution in [-0.2, 0) is 16.0 Å². The lowest BCUT2D eigenvalue weighted by Crippen LogP contribution is -2.38. The molecule has 3 rings (SSSR count). The summed E-state index contributed by atoms with van der Waals surface area (Å²) in [4.78, 5) is 24.9. The summed E-state index contributed by atoms with van der Waals surface area (Å²) in [6.07, 6.45) is 12.6. The minimum atomic E-state index is -0.139. The van der Waals surface area contributed by atoms with Crippen LogP contribution < -0.4 is 14.8 Å². The molecular formula is C25H37NO4. The number of amides is 1. The first-order valence-electron chi connectivity index (χ1n) is 11.8. The first-order chi connectivity index (χ1) is 14.6. The highest BCUT2D eigenvalue weighted by Crippen LogP contribution is 2.32. The zero-order chi connectivity index (χ0) is 21.3. The summed E-state index contributed by atoms with van der Waals surface area (Å²) in [5.41, 5.74) is 1.11. The molecule has 166 valence electrons. The number of rotatable bonds is 8. The largest absolute Gasteiger partial charge is 0.493 e. The van der Waals surface area contributed by atoms with Crippen molar-refractivity contribution in [2.75, 3.05) is 7.11 Å². The highest BCUT2D eigenvalue weighted by atomic mass is 16.6. The highest BCUT2D eigenvalue weighted by Gasteiger charge is 2.24. The molecule has 0 aromatic heterocycles. The van der Waals surface area contributed by atoms with Crippen LogP contribution in [0.2, 0.25) is 0 Å². The van der Waals surface area contributed by atoms with E-state index in [9.17, 15) is 9.59 Å². The molecule has 0 spiro atoms. The van der Waals surface area contributed by atoms with Gasteiger partial charge in [0.05, 0.1) is 13.0 Å². The van der Waals surface area contributed by atoms with E-state index in [1.807, 2.05) is 18.2 Å². The second-order valence-electron chi connectivity index (χ2n) is 9.02. The van der Waals surface area contributed by atoms with Gasteiger partial charge in [-0.05, 0) is 63.1 Å². The number of ether oxygens (including phenoxy) is 2. The third-order valence-electron chi connectivity index (χ3n) is 6.61. The quantitative estimate of drug-likeness (QED) is 0.468. The molecular weight excluding hydrogens is 378 g/mol. The van der Waals surface area contributed by atoms with E-state index in [1.165, 1.54) is 25.7 Å². The number of carbonyl (C=O) groups excluding carboxylic acids is 2. The number of hydrogen-bond donors (Lipinski definition) is 1. The second kappa shape index (κ2) is 11.4. The molecule has 1 aromatic rings. The van der Waals surface area contributed by atoms with Gasteiger partial charge in [0.25, 0.3) is 0 Å². The summed E-state index contributed by atoms with van der Waals surface area (Å²) in [5.74, 6) is 1.37. The lowest BCUT2D eigenvalue weighted by molar-refractivity contribution is -0.140. The molecule has 1 amide bonds. The number of nitrogens with one attached hydrogen (secondary N) is 1. The first-order valence-corrected chi connectivity index (χ1v) is 11.8. The fourth-order valence-corrected chi connectivity index (χ4v) is 4.66. The topological polar surface area (TPSA) is 64.6 Å².